The molecule has 0 spiro atoms. The summed E-state index contributed by atoms with van der Waals surface area (Å²) in [5.41, 5.74) is 0.336. The second-order valence-electron chi connectivity index (χ2n) is 3.41. The monoisotopic (exact) mass is 293 g/mol. The fourth-order valence-corrected chi connectivity index (χ4v) is 1.82. The summed E-state index contributed by atoms with van der Waals surface area (Å²) in [6.07, 6.45) is 1.33. The van der Waals surface area contributed by atoms with Crippen molar-refractivity contribution in [1.82, 2.24) is 4.98 Å². The summed E-state index contributed by atoms with van der Waals surface area (Å²) in [5, 5.41) is 9.04. The Labute approximate surface area is 105 Å². The number of aromatic carboxylic acids is 1. The average Bonchev–Trinajstić information content (AvgIpc) is 2.30. The molecule has 17 heavy (non-hydrogen) atoms. The van der Waals surface area contributed by atoms with Gasteiger partial charge in [-0.3, -0.25) is 4.79 Å². The maximum absolute atomic E-state index is 11.7. The van der Waals surface area contributed by atoms with E-state index in [4.69, 9.17) is 5.11 Å². The Balaban J connectivity index is 2.70. The van der Waals surface area contributed by atoms with Gasteiger partial charge in [0, 0.05) is 10.7 Å². The minimum absolute atomic E-state index is 0.00364. The molecule has 1 aromatic heterocycles. The predicted octanol–water partition coefficient (Wildman–Crippen LogP) is 2.50. The Morgan fingerprint density at radius 3 is 2.41 bits per heavy atom. The lowest BCUT2D eigenvalue weighted by Crippen LogP contribution is -2.14. The van der Waals surface area contributed by atoms with Crippen LogP contribution in [0.4, 0.5) is 0 Å². The van der Waals surface area contributed by atoms with Gasteiger partial charge < -0.3 is 10.1 Å². The molecule has 0 amide bonds. The van der Waals surface area contributed by atoms with Crippen LogP contribution in [0.25, 0.3) is 11.1 Å². The van der Waals surface area contributed by atoms with E-state index in [2.05, 4.69) is 20.9 Å². The number of aromatic amines is 1. The summed E-state index contributed by atoms with van der Waals surface area (Å²) in [7, 11) is 0. The lowest BCUT2D eigenvalue weighted by Gasteiger charge is -2.04. The smallest absolute Gasteiger partial charge is 0.336 e. The summed E-state index contributed by atoms with van der Waals surface area (Å²) in [6, 6.07) is 8.28. The maximum Gasteiger partial charge on any atom is 0.336 e. The second-order valence-corrected chi connectivity index (χ2v) is 4.32. The molecule has 1 heterocycles. The number of nitrogens with one attached hydrogen (secondary N) is 1. The molecule has 2 aromatic rings. The molecule has 0 aliphatic rings. The van der Waals surface area contributed by atoms with Crippen LogP contribution in [-0.4, -0.2) is 16.1 Å². The van der Waals surface area contributed by atoms with Crippen LogP contribution in [0.2, 0.25) is 0 Å². The molecule has 0 saturated carbocycles. The van der Waals surface area contributed by atoms with Crippen molar-refractivity contribution in [2.45, 2.75) is 0 Å². The fourth-order valence-electron chi connectivity index (χ4n) is 1.56. The van der Waals surface area contributed by atoms with Crippen molar-refractivity contribution in [2.24, 2.45) is 0 Å². The van der Waals surface area contributed by atoms with Crippen molar-refractivity contribution in [3.05, 3.63) is 56.9 Å². The average molecular weight is 294 g/mol. The second kappa shape index (κ2) is 4.55. The minimum Gasteiger partial charge on any atom is -0.478 e. The van der Waals surface area contributed by atoms with Gasteiger partial charge in [0.1, 0.15) is 0 Å². The largest absolute Gasteiger partial charge is 0.478 e. The highest BCUT2D eigenvalue weighted by molar-refractivity contribution is 9.10. The Kier molecular flexibility index (Phi) is 3.10. The molecule has 0 unspecified atom stereocenters. The van der Waals surface area contributed by atoms with Crippen molar-refractivity contribution >= 4 is 21.9 Å². The van der Waals surface area contributed by atoms with Gasteiger partial charge in [0.2, 0.25) is 0 Å². The highest BCUT2D eigenvalue weighted by Gasteiger charge is 2.14. The molecular weight excluding hydrogens is 286 g/mol. The normalized spacial score (nSPS) is 10.2. The molecule has 0 aliphatic heterocycles. The third kappa shape index (κ3) is 2.29. The number of aromatic nitrogens is 1. The lowest BCUT2D eigenvalue weighted by molar-refractivity contribution is 0.0697. The molecule has 0 atom stereocenters. The van der Waals surface area contributed by atoms with E-state index in [9.17, 15) is 9.59 Å². The van der Waals surface area contributed by atoms with Gasteiger partial charge in [-0.1, -0.05) is 28.1 Å². The summed E-state index contributed by atoms with van der Waals surface area (Å²) >= 11 is 3.28. The van der Waals surface area contributed by atoms with Gasteiger partial charge in [0.25, 0.3) is 5.56 Å². The van der Waals surface area contributed by atoms with Crippen LogP contribution in [-0.2, 0) is 0 Å². The van der Waals surface area contributed by atoms with E-state index in [1.807, 2.05) is 0 Å². The number of carboxylic acid groups (broad SMARTS) is 1. The number of rotatable bonds is 2. The first-order valence-corrected chi connectivity index (χ1v) is 5.60. The Morgan fingerprint density at radius 2 is 1.82 bits per heavy atom. The topological polar surface area (TPSA) is 70.2 Å². The molecule has 86 valence electrons. The molecule has 4 nitrogen and oxygen atoms in total. The quantitative estimate of drug-likeness (QED) is 0.894. The van der Waals surface area contributed by atoms with E-state index in [0.29, 0.717) is 5.56 Å². The predicted molar refractivity (Wildman–Crippen MR) is 67.2 cm³/mol. The van der Waals surface area contributed by atoms with Gasteiger partial charge in [-0.25, -0.2) is 4.79 Å². The van der Waals surface area contributed by atoms with Crippen LogP contribution in [0.3, 0.4) is 0 Å². The molecule has 0 bridgehead atoms. The highest BCUT2D eigenvalue weighted by Crippen LogP contribution is 2.21. The van der Waals surface area contributed by atoms with Gasteiger partial charge in [-0.15, -0.1) is 0 Å². The first kappa shape index (κ1) is 11.6. The first-order chi connectivity index (χ1) is 8.09. The van der Waals surface area contributed by atoms with Gasteiger partial charge in [-0.2, -0.15) is 0 Å². The zero-order valence-electron chi connectivity index (χ0n) is 8.61. The Bertz CT molecular complexity index is 616. The van der Waals surface area contributed by atoms with Crippen LogP contribution in [0, 0.1) is 0 Å². The fraction of sp³-hybridized carbons (Fsp3) is 0. The number of H-pyrrole nitrogens is 1. The molecule has 5 heteroatoms. The standard InChI is InChI=1S/C12H8BrNO3/c13-8-3-1-7(2-4-8)10-9(12(16)17)5-6-14-11(10)15/h1-6H,(H,14,15)(H,16,17). The first-order valence-electron chi connectivity index (χ1n) is 4.80. The van der Waals surface area contributed by atoms with E-state index in [1.54, 1.807) is 24.3 Å². The Hall–Kier alpha value is -1.88. The van der Waals surface area contributed by atoms with Gasteiger partial charge in [0.05, 0.1) is 11.1 Å². The molecule has 0 saturated heterocycles. The van der Waals surface area contributed by atoms with Crippen LogP contribution in [0.1, 0.15) is 10.4 Å². The lowest BCUT2D eigenvalue weighted by atomic mass is 10.0. The van der Waals surface area contributed by atoms with E-state index >= 15 is 0 Å². The van der Waals surface area contributed by atoms with Crippen molar-refractivity contribution in [3.63, 3.8) is 0 Å². The van der Waals surface area contributed by atoms with Crippen molar-refractivity contribution in [3.8, 4) is 11.1 Å². The molecule has 2 N–H and O–H groups in total. The van der Waals surface area contributed by atoms with Gasteiger partial charge in [0.15, 0.2) is 0 Å². The molecule has 1 aromatic carbocycles. The number of benzene rings is 1. The van der Waals surface area contributed by atoms with Crippen LogP contribution in [0.15, 0.2) is 45.8 Å². The molecule has 0 aliphatic carbocycles. The van der Waals surface area contributed by atoms with Crippen LogP contribution >= 0.6 is 15.9 Å². The van der Waals surface area contributed by atoms with E-state index in [1.165, 1.54) is 12.3 Å². The molecular formula is C12H8BrNO3. The SMILES string of the molecule is O=C(O)c1cc[nH]c(=O)c1-c1ccc(Br)cc1. The van der Waals surface area contributed by atoms with Gasteiger partial charge in [-0.05, 0) is 23.8 Å². The van der Waals surface area contributed by atoms with Crippen LogP contribution < -0.4 is 5.56 Å². The number of halogens is 1. The number of carboxylic acids is 1. The van der Waals surface area contributed by atoms with E-state index in [0.717, 1.165) is 4.47 Å². The summed E-state index contributed by atoms with van der Waals surface area (Å²) in [6.45, 7) is 0. The van der Waals surface area contributed by atoms with Crippen molar-refractivity contribution < 1.29 is 9.90 Å². The zero-order chi connectivity index (χ0) is 12.4. The maximum atomic E-state index is 11.7. The van der Waals surface area contributed by atoms with Crippen molar-refractivity contribution in [1.29, 1.82) is 0 Å². The summed E-state index contributed by atoms with van der Waals surface area (Å²) < 4.78 is 0.866. The minimum atomic E-state index is -1.12. The molecule has 0 fully saturated rings. The van der Waals surface area contributed by atoms with Gasteiger partial charge >= 0.3 is 5.97 Å². The van der Waals surface area contributed by atoms with E-state index < -0.39 is 11.5 Å². The molecule has 0 radical (unpaired) electrons. The third-order valence-electron chi connectivity index (χ3n) is 2.32. The molecule has 2 rings (SSSR count). The van der Waals surface area contributed by atoms with Crippen LogP contribution in [0.5, 0.6) is 0 Å². The number of carbonyl (C=O) groups is 1. The van der Waals surface area contributed by atoms with Crippen molar-refractivity contribution in [2.75, 3.05) is 0 Å². The number of pyridine rings is 1. The zero-order valence-corrected chi connectivity index (χ0v) is 10.2. The summed E-state index contributed by atoms with van der Waals surface area (Å²) in [4.78, 5) is 25.2. The summed E-state index contributed by atoms with van der Waals surface area (Å²) in [5.74, 6) is -1.12. The third-order valence-corrected chi connectivity index (χ3v) is 2.85. The Morgan fingerprint density at radius 1 is 1.18 bits per heavy atom. The highest BCUT2D eigenvalue weighted by atomic mass is 79.9. The van der Waals surface area contributed by atoms with E-state index in [-0.39, 0.29) is 11.1 Å². The number of hydrogen-bond acceptors (Lipinski definition) is 2. The number of hydrogen-bond donors (Lipinski definition) is 2.